The fourth-order valence-electron chi connectivity index (χ4n) is 7.63. The molecule has 4 heteroatoms. The number of nitrogens with zero attached hydrogens (tertiary/aromatic N) is 2. The molecule has 2 heterocycles. The molecule has 0 unspecified atom stereocenters. The fourth-order valence-corrected chi connectivity index (χ4v) is 7.63. The van der Waals surface area contributed by atoms with Gasteiger partial charge in [0.1, 0.15) is 11.6 Å². The Morgan fingerprint density at radius 2 is 0.674 bits per heavy atom. The zero-order valence-corrected chi connectivity index (χ0v) is 26.4. The summed E-state index contributed by atoms with van der Waals surface area (Å²) in [6, 6.07) is 43.3. The number of rotatable bonds is 3. The third-order valence-corrected chi connectivity index (χ3v) is 9.89. The molecule has 2 aliphatic rings. The number of benzene rings is 6. The van der Waals surface area contributed by atoms with E-state index in [1.54, 1.807) is 12.1 Å². The van der Waals surface area contributed by atoms with Gasteiger partial charge in [0.05, 0.1) is 22.7 Å². The molecule has 0 N–H and O–H groups in total. The van der Waals surface area contributed by atoms with Crippen molar-refractivity contribution in [3.8, 4) is 11.1 Å². The number of anilines is 6. The van der Waals surface area contributed by atoms with E-state index < -0.39 is 0 Å². The lowest BCUT2D eigenvalue weighted by Gasteiger charge is -2.42. The van der Waals surface area contributed by atoms with Crippen molar-refractivity contribution in [3.63, 3.8) is 0 Å². The Balaban J connectivity index is 1.30. The van der Waals surface area contributed by atoms with Gasteiger partial charge in [-0.1, -0.05) is 100 Å². The van der Waals surface area contributed by atoms with Gasteiger partial charge in [0, 0.05) is 22.2 Å². The van der Waals surface area contributed by atoms with E-state index in [1.165, 1.54) is 12.1 Å². The van der Waals surface area contributed by atoms with Crippen LogP contribution in [0.1, 0.15) is 49.9 Å². The van der Waals surface area contributed by atoms with Crippen LogP contribution >= 0.6 is 0 Å². The van der Waals surface area contributed by atoms with E-state index in [2.05, 4.69) is 110 Å². The molecule has 0 aromatic heterocycles. The molecule has 0 atom stereocenters. The van der Waals surface area contributed by atoms with Gasteiger partial charge in [-0.15, -0.1) is 0 Å². The summed E-state index contributed by atoms with van der Waals surface area (Å²) < 4.78 is 31.4. The summed E-state index contributed by atoms with van der Waals surface area (Å²) in [7, 11) is 0. The van der Waals surface area contributed by atoms with Gasteiger partial charge in [-0.05, 0) is 94.0 Å². The van der Waals surface area contributed by atoms with Crippen molar-refractivity contribution in [1.29, 1.82) is 0 Å². The number of halogens is 2. The summed E-state index contributed by atoms with van der Waals surface area (Å²) in [5.74, 6) is -0.762. The normalized spacial score (nSPS) is 15.4. The second-order valence-electron chi connectivity index (χ2n) is 13.4. The summed E-state index contributed by atoms with van der Waals surface area (Å²) in [4.78, 5) is 4.25. The molecule has 0 radical (unpaired) electrons. The van der Waals surface area contributed by atoms with Gasteiger partial charge in [-0.25, -0.2) is 8.78 Å². The fraction of sp³-hybridized carbons (Fsp3) is 0.143. The maximum Gasteiger partial charge on any atom is 0.125 e. The predicted molar refractivity (Wildman–Crippen MR) is 185 cm³/mol. The van der Waals surface area contributed by atoms with Crippen LogP contribution in [0.5, 0.6) is 0 Å². The van der Waals surface area contributed by atoms with Gasteiger partial charge in [-0.2, -0.15) is 0 Å². The van der Waals surface area contributed by atoms with Gasteiger partial charge in [0.2, 0.25) is 0 Å². The maximum absolute atomic E-state index is 15.7. The first-order chi connectivity index (χ1) is 22.1. The highest BCUT2D eigenvalue weighted by molar-refractivity contribution is 5.89. The van der Waals surface area contributed by atoms with E-state index in [-0.39, 0.29) is 22.5 Å². The molecule has 0 saturated heterocycles. The van der Waals surface area contributed by atoms with Gasteiger partial charge in [0.25, 0.3) is 0 Å². The molecule has 2 aliphatic heterocycles. The largest absolute Gasteiger partial charge is 0.310 e. The lowest BCUT2D eigenvalue weighted by atomic mass is 9.73. The van der Waals surface area contributed by atoms with Crippen LogP contribution < -0.4 is 9.80 Å². The highest BCUT2D eigenvalue weighted by Gasteiger charge is 2.38. The topological polar surface area (TPSA) is 6.48 Å². The van der Waals surface area contributed by atoms with Crippen molar-refractivity contribution in [2.75, 3.05) is 9.80 Å². The van der Waals surface area contributed by atoms with Crippen LogP contribution in [-0.2, 0) is 10.8 Å². The number of fused-ring (bicyclic) bond motifs is 4. The second-order valence-corrected chi connectivity index (χ2v) is 13.4. The molecule has 0 spiro atoms. The van der Waals surface area contributed by atoms with Gasteiger partial charge in [0.15, 0.2) is 0 Å². The monoisotopic (exact) mass is 604 g/mol. The van der Waals surface area contributed by atoms with E-state index in [1.807, 2.05) is 36.4 Å². The Morgan fingerprint density at radius 3 is 0.978 bits per heavy atom. The summed E-state index contributed by atoms with van der Waals surface area (Å²) in [6.45, 7) is 8.91. The van der Waals surface area contributed by atoms with Crippen LogP contribution in [0.3, 0.4) is 0 Å². The number of hydrogen-bond donors (Lipinski definition) is 0. The van der Waals surface area contributed by atoms with Crippen molar-refractivity contribution < 1.29 is 8.78 Å². The average molecular weight is 605 g/mol. The third kappa shape index (κ3) is 4.20. The first kappa shape index (κ1) is 28.3. The Labute approximate surface area is 269 Å². The van der Waals surface area contributed by atoms with Gasteiger partial charge >= 0.3 is 0 Å². The summed E-state index contributed by atoms with van der Waals surface area (Å²) in [6.07, 6.45) is 0. The average Bonchev–Trinajstić information content (AvgIpc) is 3.05. The lowest BCUT2D eigenvalue weighted by Crippen LogP contribution is -2.30. The van der Waals surface area contributed by atoms with E-state index in [0.29, 0.717) is 22.5 Å². The molecule has 6 aromatic rings. The highest BCUT2D eigenvalue weighted by Crippen LogP contribution is 2.54. The van der Waals surface area contributed by atoms with E-state index in [9.17, 15) is 0 Å². The van der Waals surface area contributed by atoms with Gasteiger partial charge in [-0.3, -0.25) is 0 Å². The Hall–Kier alpha value is -5.22. The first-order valence-corrected chi connectivity index (χ1v) is 15.7. The molecule has 0 aliphatic carbocycles. The summed E-state index contributed by atoms with van der Waals surface area (Å²) >= 11 is 0. The Kier molecular flexibility index (Phi) is 6.24. The summed E-state index contributed by atoms with van der Waals surface area (Å²) in [5.41, 5.74) is 10.8. The molecule has 46 heavy (non-hydrogen) atoms. The Morgan fingerprint density at radius 1 is 0.391 bits per heavy atom. The maximum atomic E-state index is 15.7. The summed E-state index contributed by atoms with van der Waals surface area (Å²) in [5, 5.41) is 0. The predicted octanol–water partition coefficient (Wildman–Crippen LogP) is 11.8. The molecular formula is C42H34F2N2. The standard InChI is InChI=1S/C42H34F2N2/c1-41(2)33-13-5-9-17-37(33)45(38-18-10-6-14-34(38)41)31-23-27(21-29(43)25-31)28-22-30(44)26-32(24-28)46-39-19-11-7-15-35(39)42(3,4)36-16-8-12-20-40(36)46/h5-26H,1-4H3. The minimum atomic E-state index is -0.381. The minimum absolute atomic E-state index is 0.229. The quantitative estimate of drug-likeness (QED) is 0.198. The van der Waals surface area contributed by atoms with Crippen LogP contribution in [0.2, 0.25) is 0 Å². The van der Waals surface area contributed by atoms with Gasteiger partial charge < -0.3 is 9.80 Å². The van der Waals surface area contributed by atoms with Crippen LogP contribution in [0, 0.1) is 11.6 Å². The molecule has 0 amide bonds. The molecule has 2 nitrogen and oxygen atoms in total. The highest BCUT2D eigenvalue weighted by atomic mass is 19.1. The van der Waals surface area contributed by atoms with E-state index in [4.69, 9.17) is 0 Å². The number of para-hydroxylation sites is 4. The smallest absolute Gasteiger partial charge is 0.125 e. The third-order valence-electron chi connectivity index (χ3n) is 9.89. The SMILES string of the molecule is CC1(C)c2ccccc2N(c2cc(F)cc(-c3cc(F)cc(N4c5ccccc5C(C)(C)c5ccccc54)c3)c2)c2ccccc21. The van der Waals surface area contributed by atoms with Crippen LogP contribution in [0.15, 0.2) is 133 Å². The zero-order chi connectivity index (χ0) is 31.8. The lowest BCUT2D eigenvalue weighted by molar-refractivity contribution is 0.623. The van der Waals surface area contributed by atoms with Crippen molar-refractivity contribution in [3.05, 3.63) is 167 Å². The van der Waals surface area contributed by atoms with Crippen LogP contribution in [0.25, 0.3) is 11.1 Å². The van der Waals surface area contributed by atoms with E-state index >= 15 is 8.78 Å². The van der Waals surface area contributed by atoms with Crippen LogP contribution in [0.4, 0.5) is 42.9 Å². The Bertz CT molecular complexity index is 1910. The second kappa shape index (κ2) is 10.1. The molecule has 6 aromatic carbocycles. The molecular weight excluding hydrogens is 570 g/mol. The van der Waals surface area contributed by atoms with Crippen LogP contribution in [-0.4, -0.2) is 0 Å². The number of hydrogen-bond acceptors (Lipinski definition) is 2. The molecule has 0 fully saturated rings. The van der Waals surface area contributed by atoms with Crippen molar-refractivity contribution >= 4 is 34.1 Å². The molecule has 226 valence electrons. The van der Waals surface area contributed by atoms with Crippen molar-refractivity contribution in [2.24, 2.45) is 0 Å². The minimum Gasteiger partial charge on any atom is -0.310 e. The molecule has 0 saturated carbocycles. The van der Waals surface area contributed by atoms with E-state index in [0.717, 1.165) is 45.0 Å². The zero-order valence-electron chi connectivity index (χ0n) is 26.4. The first-order valence-electron chi connectivity index (χ1n) is 15.7. The molecule has 0 bridgehead atoms. The van der Waals surface area contributed by atoms with Crippen molar-refractivity contribution in [2.45, 2.75) is 38.5 Å². The molecule has 8 rings (SSSR count). The van der Waals surface area contributed by atoms with Crippen molar-refractivity contribution in [1.82, 2.24) is 0 Å².